The van der Waals surface area contributed by atoms with Crippen molar-refractivity contribution < 1.29 is 19.4 Å². The highest BCUT2D eigenvalue weighted by atomic mass is 16.6. The predicted octanol–water partition coefficient (Wildman–Crippen LogP) is 1.05. The molecule has 1 fully saturated rings. The third-order valence-corrected chi connectivity index (χ3v) is 3.65. The van der Waals surface area contributed by atoms with Crippen molar-refractivity contribution in [3.63, 3.8) is 0 Å². The van der Waals surface area contributed by atoms with E-state index in [1.807, 2.05) is 0 Å². The van der Waals surface area contributed by atoms with Crippen LogP contribution in [0.5, 0.6) is 11.5 Å². The van der Waals surface area contributed by atoms with Crippen LogP contribution >= 0.6 is 0 Å². The van der Waals surface area contributed by atoms with Gasteiger partial charge in [0.25, 0.3) is 5.91 Å². The molecule has 1 aromatic carbocycles. The van der Waals surface area contributed by atoms with Crippen LogP contribution in [0.3, 0.4) is 0 Å². The molecule has 0 unspecified atom stereocenters. The van der Waals surface area contributed by atoms with Gasteiger partial charge in [-0.25, -0.2) is 0 Å². The van der Waals surface area contributed by atoms with Gasteiger partial charge in [0.15, 0.2) is 11.5 Å². The Bertz CT molecular complexity index is 488. The second-order valence-corrected chi connectivity index (χ2v) is 4.81. The fraction of sp³-hybridized carbons (Fsp3) is 0.500. The Kier molecular flexibility index (Phi) is 3.29. The van der Waals surface area contributed by atoms with Crippen molar-refractivity contribution in [2.75, 3.05) is 26.4 Å². The van der Waals surface area contributed by atoms with Crippen LogP contribution in [-0.4, -0.2) is 48.3 Å². The summed E-state index contributed by atoms with van der Waals surface area (Å²) < 4.78 is 11.1. The first-order valence-corrected chi connectivity index (χ1v) is 6.61. The number of amides is 1. The average molecular weight is 263 g/mol. The van der Waals surface area contributed by atoms with Gasteiger partial charge in [0.05, 0.1) is 18.2 Å². The molecule has 1 atom stereocenters. The molecule has 5 heteroatoms. The number of carbonyl (C=O) groups is 1. The van der Waals surface area contributed by atoms with E-state index in [1.165, 1.54) is 0 Å². The lowest BCUT2D eigenvalue weighted by Gasteiger charge is -2.26. The van der Waals surface area contributed by atoms with E-state index in [2.05, 4.69) is 0 Å². The molecule has 0 bridgehead atoms. The van der Waals surface area contributed by atoms with Crippen molar-refractivity contribution in [2.24, 2.45) is 0 Å². The highest BCUT2D eigenvalue weighted by molar-refractivity contribution is 5.98. The maximum atomic E-state index is 12.6. The van der Waals surface area contributed by atoms with Gasteiger partial charge in [0.1, 0.15) is 13.2 Å². The molecule has 102 valence electrons. The Hall–Kier alpha value is -1.75. The average Bonchev–Trinajstić information content (AvgIpc) is 2.94. The van der Waals surface area contributed by atoms with Crippen molar-refractivity contribution in [1.29, 1.82) is 0 Å². The molecule has 2 heterocycles. The zero-order valence-electron chi connectivity index (χ0n) is 10.7. The Morgan fingerprint density at radius 1 is 1.37 bits per heavy atom. The monoisotopic (exact) mass is 263 g/mol. The molecule has 0 radical (unpaired) electrons. The lowest BCUT2D eigenvalue weighted by atomic mass is 10.1. The maximum absolute atomic E-state index is 12.6. The molecule has 0 saturated carbocycles. The van der Waals surface area contributed by atoms with Crippen LogP contribution in [-0.2, 0) is 0 Å². The number of ether oxygens (including phenoxy) is 2. The van der Waals surface area contributed by atoms with Crippen LogP contribution in [0, 0.1) is 0 Å². The summed E-state index contributed by atoms with van der Waals surface area (Å²) in [5, 5.41) is 9.32. The molecular formula is C14H17NO4. The lowest BCUT2D eigenvalue weighted by Crippen LogP contribution is -2.38. The van der Waals surface area contributed by atoms with Gasteiger partial charge in [-0.05, 0) is 25.0 Å². The van der Waals surface area contributed by atoms with E-state index in [9.17, 15) is 9.90 Å². The van der Waals surface area contributed by atoms with Crippen LogP contribution in [0.15, 0.2) is 18.2 Å². The predicted molar refractivity (Wildman–Crippen MR) is 68.6 cm³/mol. The van der Waals surface area contributed by atoms with Crippen molar-refractivity contribution in [3.05, 3.63) is 23.8 Å². The van der Waals surface area contributed by atoms with Gasteiger partial charge in [-0.15, -0.1) is 0 Å². The summed E-state index contributed by atoms with van der Waals surface area (Å²) in [4.78, 5) is 14.3. The van der Waals surface area contributed by atoms with E-state index in [0.717, 1.165) is 12.8 Å². The van der Waals surface area contributed by atoms with Crippen LogP contribution in [0.2, 0.25) is 0 Å². The number of hydrogen-bond acceptors (Lipinski definition) is 4. The van der Waals surface area contributed by atoms with Gasteiger partial charge in [-0.2, -0.15) is 0 Å². The molecule has 0 aliphatic carbocycles. The number of benzene rings is 1. The fourth-order valence-electron chi connectivity index (χ4n) is 2.69. The quantitative estimate of drug-likeness (QED) is 0.866. The Labute approximate surface area is 111 Å². The van der Waals surface area contributed by atoms with Crippen molar-refractivity contribution in [3.8, 4) is 11.5 Å². The van der Waals surface area contributed by atoms with Crippen molar-refractivity contribution in [1.82, 2.24) is 4.90 Å². The number of para-hydroxylation sites is 1. The Balaban J connectivity index is 1.91. The Morgan fingerprint density at radius 2 is 2.21 bits per heavy atom. The summed E-state index contributed by atoms with van der Waals surface area (Å²) in [5.41, 5.74) is 0.526. The summed E-state index contributed by atoms with van der Waals surface area (Å²) in [6, 6.07) is 5.28. The van der Waals surface area contributed by atoms with Crippen LogP contribution in [0.4, 0.5) is 0 Å². The third-order valence-electron chi connectivity index (χ3n) is 3.65. The number of fused-ring (bicyclic) bond motifs is 1. The van der Waals surface area contributed by atoms with Gasteiger partial charge in [0.2, 0.25) is 0 Å². The van der Waals surface area contributed by atoms with Gasteiger partial charge < -0.3 is 19.5 Å². The molecule has 2 aliphatic rings. The number of aliphatic hydroxyl groups is 1. The molecule has 1 saturated heterocycles. The van der Waals surface area contributed by atoms with Gasteiger partial charge in [-0.1, -0.05) is 6.07 Å². The first-order chi connectivity index (χ1) is 9.31. The van der Waals surface area contributed by atoms with Gasteiger partial charge >= 0.3 is 0 Å². The molecule has 19 heavy (non-hydrogen) atoms. The molecule has 0 spiro atoms. The van der Waals surface area contributed by atoms with Gasteiger partial charge in [-0.3, -0.25) is 4.79 Å². The van der Waals surface area contributed by atoms with Crippen molar-refractivity contribution in [2.45, 2.75) is 18.9 Å². The number of likely N-dealkylation sites (tertiary alicyclic amines) is 1. The minimum absolute atomic E-state index is 0.0120. The minimum Gasteiger partial charge on any atom is -0.486 e. The highest BCUT2D eigenvalue weighted by Gasteiger charge is 2.31. The fourth-order valence-corrected chi connectivity index (χ4v) is 2.69. The standard InChI is InChI=1S/C14H17NO4/c16-9-10-3-2-6-15(10)14(17)11-4-1-5-12-13(11)19-8-7-18-12/h1,4-5,10,16H,2-3,6-9H2/t10-/m1/s1. The van der Waals surface area contributed by atoms with E-state index in [1.54, 1.807) is 23.1 Å². The minimum atomic E-state index is -0.0844. The smallest absolute Gasteiger partial charge is 0.258 e. The molecule has 3 rings (SSSR count). The van der Waals surface area contributed by atoms with Crippen LogP contribution in [0.25, 0.3) is 0 Å². The zero-order valence-corrected chi connectivity index (χ0v) is 10.7. The van der Waals surface area contributed by atoms with Crippen LogP contribution in [0.1, 0.15) is 23.2 Å². The first kappa shape index (κ1) is 12.3. The second-order valence-electron chi connectivity index (χ2n) is 4.81. The number of rotatable bonds is 2. The lowest BCUT2D eigenvalue weighted by molar-refractivity contribution is 0.0668. The third kappa shape index (κ3) is 2.14. The zero-order chi connectivity index (χ0) is 13.2. The number of carbonyl (C=O) groups excluding carboxylic acids is 1. The van der Waals surface area contributed by atoms with E-state index >= 15 is 0 Å². The van der Waals surface area contributed by atoms with Crippen molar-refractivity contribution >= 4 is 5.91 Å². The number of aliphatic hydroxyl groups excluding tert-OH is 1. The van der Waals surface area contributed by atoms with Gasteiger partial charge in [0, 0.05) is 6.54 Å². The van der Waals surface area contributed by atoms with E-state index in [4.69, 9.17) is 9.47 Å². The maximum Gasteiger partial charge on any atom is 0.258 e. The molecule has 1 N–H and O–H groups in total. The molecule has 1 amide bonds. The topological polar surface area (TPSA) is 59.0 Å². The second kappa shape index (κ2) is 5.09. The molecule has 2 aliphatic heterocycles. The number of nitrogens with zero attached hydrogens (tertiary/aromatic N) is 1. The SMILES string of the molecule is O=C(c1cccc2c1OCCO2)N1CCC[C@@H]1CO. The molecule has 1 aromatic rings. The molecule has 5 nitrogen and oxygen atoms in total. The van der Waals surface area contributed by atoms with E-state index in [-0.39, 0.29) is 18.6 Å². The Morgan fingerprint density at radius 3 is 3.05 bits per heavy atom. The summed E-state index contributed by atoms with van der Waals surface area (Å²) in [7, 11) is 0. The summed E-state index contributed by atoms with van der Waals surface area (Å²) in [6.07, 6.45) is 1.79. The molecular weight excluding hydrogens is 246 g/mol. The summed E-state index contributed by atoms with van der Waals surface area (Å²) in [6.45, 7) is 1.67. The van der Waals surface area contributed by atoms with E-state index < -0.39 is 0 Å². The highest BCUT2D eigenvalue weighted by Crippen LogP contribution is 2.35. The van der Waals surface area contributed by atoms with E-state index in [0.29, 0.717) is 36.8 Å². The van der Waals surface area contributed by atoms with Crippen LogP contribution < -0.4 is 9.47 Å². The summed E-state index contributed by atoms with van der Waals surface area (Å²) in [5.74, 6) is 1.07. The molecule has 0 aromatic heterocycles. The normalized spacial score (nSPS) is 21.5. The largest absolute Gasteiger partial charge is 0.486 e. The first-order valence-electron chi connectivity index (χ1n) is 6.61. The summed E-state index contributed by atoms with van der Waals surface area (Å²) >= 11 is 0. The number of hydrogen-bond donors (Lipinski definition) is 1.